The zero-order chi connectivity index (χ0) is 9.68. The lowest BCUT2D eigenvalue weighted by Crippen LogP contribution is -2.35. The third-order valence-electron chi connectivity index (χ3n) is 3.69. The van der Waals surface area contributed by atoms with E-state index in [2.05, 4.69) is 18.5 Å². The summed E-state index contributed by atoms with van der Waals surface area (Å²) in [5, 5.41) is 0. The smallest absolute Gasteiger partial charge is 0.0687 e. The highest BCUT2D eigenvalue weighted by atomic mass is 29.2. The maximum Gasteiger partial charge on any atom is 0.0687 e. The van der Waals surface area contributed by atoms with E-state index in [1.54, 1.807) is 0 Å². The number of hydrogen-bond acceptors (Lipinski definition) is 1. The van der Waals surface area contributed by atoms with Crippen molar-refractivity contribution in [1.29, 1.82) is 0 Å². The van der Waals surface area contributed by atoms with Crippen molar-refractivity contribution < 1.29 is 0 Å². The summed E-state index contributed by atoms with van der Waals surface area (Å²) in [4.78, 5) is 0. The SMILES string of the molecule is CC1CCCC(C)C1[SiH2][SiH2]N[SiH2][SiH3]. The Bertz CT molecular complexity index is 134. The second kappa shape index (κ2) is 6.34. The molecule has 0 aromatic heterocycles. The first kappa shape index (κ1) is 11.9. The topological polar surface area (TPSA) is 12.0 Å². The van der Waals surface area contributed by atoms with Crippen LogP contribution in [-0.4, -0.2) is 37.2 Å². The summed E-state index contributed by atoms with van der Waals surface area (Å²) in [6.07, 6.45) is 4.58. The molecule has 1 saturated carbocycles. The van der Waals surface area contributed by atoms with Crippen LogP contribution in [0.25, 0.3) is 0 Å². The van der Waals surface area contributed by atoms with Crippen molar-refractivity contribution in [2.45, 2.75) is 38.7 Å². The van der Waals surface area contributed by atoms with E-state index in [9.17, 15) is 0 Å². The molecule has 1 rings (SSSR count). The molecule has 1 aliphatic carbocycles. The highest BCUT2D eigenvalue weighted by Crippen LogP contribution is 2.37. The molecule has 1 fully saturated rings. The Morgan fingerprint density at radius 3 is 2.38 bits per heavy atom. The zero-order valence-electron chi connectivity index (χ0n) is 9.47. The fourth-order valence-corrected chi connectivity index (χ4v) is 25.9. The minimum absolute atomic E-state index is 0.288. The summed E-state index contributed by atoms with van der Waals surface area (Å²) in [5.41, 5.74) is 1.22. The standard InChI is InChI=1S/C8H25NSi4/c1-6-4-3-5-7(2)8(6)11-13-9-12-10/h6-9H,3-5,11-13H2,1-2,10H3. The van der Waals surface area contributed by atoms with Crippen LogP contribution >= 0.6 is 0 Å². The second-order valence-electron chi connectivity index (χ2n) is 4.69. The largest absolute Gasteiger partial charge is 0.374 e. The highest BCUT2D eigenvalue weighted by Gasteiger charge is 2.26. The molecule has 13 heavy (non-hydrogen) atoms. The average molecular weight is 248 g/mol. The molecule has 5 heteroatoms. The van der Waals surface area contributed by atoms with Crippen LogP contribution < -0.4 is 4.65 Å². The van der Waals surface area contributed by atoms with E-state index in [-0.39, 0.29) is 9.20 Å². The van der Waals surface area contributed by atoms with Crippen molar-refractivity contribution >= 4 is 37.2 Å². The molecule has 0 radical (unpaired) electrons. The molecule has 0 amide bonds. The van der Waals surface area contributed by atoms with E-state index in [1.165, 1.54) is 34.6 Å². The molecule has 0 heterocycles. The predicted molar refractivity (Wildman–Crippen MR) is 74.6 cm³/mol. The van der Waals surface area contributed by atoms with Gasteiger partial charge >= 0.3 is 0 Å². The van der Waals surface area contributed by atoms with E-state index in [0.29, 0.717) is 18.2 Å². The van der Waals surface area contributed by atoms with Gasteiger partial charge < -0.3 is 4.65 Å². The van der Waals surface area contributed by atoms with E-state index < -0.39 is 0 Å². The van der Waals surface area contributed by atoms with Gasteiger partial charge in [-0.1, -0.05) is 33.1 Å². The summed E-state index contributed by atoms with van der Waals surface area (Å²) in [7, 11) is 2.44. The van der Waals surface area contributed by atoms with Gasteiger partial charge in [0.25, 0.3) is 0 Å². The molecule has 0 aliphatic heterocycles. The van der Waals surface area contributed by atoms with Crippen LogP contribution in [0.2, 0.25) is 5.54 Å². The minimum atomic E-state index is 0.288. The normalized spacial score (nSPS) is 37.8. The minimum Gasteiger partial charge on any atom is -0.374 e. The molecular formula is C8H25NSi4. The summed E-state index contributed by atoms with van der Waals surface area (Å²) >= 11 is 0. The van der Waals surface area contributed by atoms with Gasteiger partial charge in [0.05, 0.1) is 18.4 Å². The Labute approximate surface area is 92.5 Å². The van der Waals surface area contributed by atoms with Gasteiger partial charge in [-0.15, -0.1) is 0 Å². The number of hydrogen-bond donors (Lipinski definition) is 1. The number of nitrogens with one attached hydrogen (secondary N) is 1. The number of rotatable bonds is 4. The van der Waals surface area contributed by atoms with Gasteiger partial charge in [0, 0.05) is 18.8 Å². The lowest BCUT2D eigenvalue weighted by Gasteiger charge is -2.34. The Kier molecular flexibility index (Phi) is 5.80. The van der Waals surface area contributed by atoms with Gasteiger partial charge in [-0.2, -0.15) is 0 Å². The predicted octanol–water partition coefficient (Wildman–Crippen LogP) is -1.65. The summed E-state index contributed by atoms with van der Waals surface area (Å²) in [6.45, 7) is 5.03. The van der Waals surface area contributed by atoms with Gasteiger partial charge in [-0.25, -0.2) is 0 Å². The van der Waals surface area contributed by atoms with Gasteiger partial charge in [0.15, 0.2) is 0 Å². The first-order valence-corrected chi connectivity index (χ1v) is 17.8. The van der Waals surface area contributed by atoms with Crippen LogP contribution in [0.3, 0.4) is 0 Å². The molecule has 1 aliphatic rings. The van der Waals surface area contributed by atoms with Crippen LogP contribution in [-0.2, 0) is 0 Å². The first-order chi connectivity index (χ1) is 6.25. The maximum absolute atomic E-state index is 3.84. The van der Waals surface area contributed by atoms with Crippen LogP contribution in [0.15, 0.2) is 0 Å². The van der Waals surface area contributed by atoms with Gasteiger partial charge in [0.2, 0.25) is 0 Å². The van der Waals surface area contributed by atoms with Crippen molar-refractivity contribution in [3.63, 3.8) is 0 Å². The Morgan fingerprint density at radius 1 is 1.23 bits per heavy atom. The van der Waals surface area contributed by atoms with Crippen molar-refractivity contribution in [3.8, 4) is 0 Å². The monoisotopic (exact) mass is 247 g/mol. The highest BCUT2D eigenvalue weighted by molar-refractivity contribution is 7.05. The van der Waals surface area contributed by atoms with Crippen molar-refractivity contribution in [2.24, 2.45) is 11.8 Å². The van der Waals surface area contributed by atoms with Gasteiger partial charge in [0.1, 0.15) is 0 Å². The maximum atomic E-state index is 3.84. The molecule has 0 spiro atoms. The third kappa shape index (κ3) is 3.83. The van der Waals surface area contributed by atoms with Gasteiger partial charge in [-0.3, -0.25) is 0 Å². The molecule has 1 nitrogen and oxygen atoms in total. The molecule has 0 aromatic rings. The molecule has 1 N–H and O–H groups in total. The van der Waals surface area contributed by atoms with E-state index >= 15 is 0 Å². The molecule has 78 valence electrons. The molecule has 2 atom stereocenters. The lowest BCUT2D eigenvalue weighted by molar-refractivity contribution is 0.301. The van der Waals surface area contributed by atoms with Gasteiger partial charge in [-0.05, 0) is 17.4 Å². The van der Waals surface area contributed by atoms with E-state index in [1.807, 2.05) is 0 Å². The van der Waals surface area contributed by atoms with E-state index in [4.69, 9.17) is 0 Å². The second-order valence-corrected chi connectivity index (χ2v) is 14.8. The zero-order valence-corrected chi connectivity index (χ0v) is 15.7. The fraction of sp³-hybridized carbons (Fsp3) is 1.00. The Hall–Kier alpha value is 0.828. The molecule has 0 saturated heterocycles. The van der Waals surface area contributed by atoms with Crippen LogP contribution in [0.5, 0.6) is 0 Å². The fourth-order valence-electron chi connectivity index (χ4n) is 2.77. The van der Waals surface area contributed by atoms with E-state index in [0.717, 1.165) is 11.8 Å². The lowest BCUT2D eigenvalue weighted by atomic mass is 9.83. The van der Waals surface area contributed by atoms with Crippen molar-refractivity contribution in [1.82, 2.24) is 4.65 Å². The summed E-state index contributed by atoms with van der Waals surface area (Å²) in [5.74, 6) is 2.17. The first-order valence-electron chi connectivity index (χ1n) is 5.96. The van der Waals surface area contributed by atoms with Crippen LogP contribution in [0, 0.1) is 11.8 Å². The Balaban J connectivity index is 2.26. The summed E-state index contributed by atoms with van der Waals surface area (Å²) in [6, 6.07) is 0. The molecule has 0 bridgehead atoms. The molecule has 0 aromatic carbocycles. The summed E-state index contributed by atoms with van der Waals surface area (Å²) < 4.78 is 3.84. The van der Waals surface area contributed by atoms with Crippen LogP contribution in [0.4, 0.5) is 0 Å². The van der Waals surface area contributed by atoms with Crippen LogP contribution in [0.1, 0.15) is 33.1 Å². The van der Waals surface area contributed by atoms with Crippen molar-refractivity contribution in [3.05, 3.63) is 0 Å². The molecular weight excluding hydrogens is 222 g/mol. The Morgan fingerprint density at radius 2 is 1.85 bits per heavy atom. The quantitative estimate of drug-likeness (QED) is 0.464. The third-order valence-corrected chi connectivity index (χ3v) is 20.2. The molecule has 2 unspecified atom stereocenters. The average Bonchev–Trinajstić information content (AvgIpc) is 2.10. The van der Waals surface area contributed by atoms with Crippen molar-refractivity contribution in [2.75, 3.05) is 0 Å².